The van der Waals surface area contributed by atoms with Gasteiger partial charge in [-0.05, 0) is 19.3 Å². The first-order valence-electron chi connectivity index (χ1n) is 7.60. The summed E-state index contributed by atoms with van der Waals surface area (Å²) >= 11 is 0. The molecule has 1 amide bonds. The summed E-state index contributed by atoms with van der Waals surface area (Å²) in [5.41, 5.74) is -0.405. The molecule has 118 valence electrons. The minimum Gasteiger partial charge on any atom is -0.481 e. The molecule has 6 heteroatoms. The maximum atomic E-state index is 12.7. The van der Waals surface area contributed by atoms with Crippen LogP contribution in [0.15, 0.2) is 0 Å². The number of carbonyl (C=O) groups is 3. The molecular weight excluding hydrogens is 274 g/mol. The fraction of sp³-hybridized carbons (Fsp3) is 0.800. The molecule has 0 aromatic heterocycles. The summed E-state index contributed by atoms with van der Waals surface area (Å²) in [5.74, 6) is -4.12. The molecule has 0 aromatic rings. The van der Waals surface area contributed by atoms with Crippen molar-refractivity contribution in [2.45, 2.75) is 45.4 Å². The van der Waals surface area contributed by atoms with E-state index in [0.29, 0.717) is 6.54 Å². The minimum atomic E-state index is -1.13. The van der Waals surface area contributed by atoms with Crippen molar-refractivity contribution in [2.24, 2.45) is 17.3 Å². The van der Waals surface area contributed by atoms with Gasteiger partial charge in [-0.2, -0.15) is 0 Å². The molecule has 2 unspecified atom stereocenters. The molecule has 6 nitrogen and oxygen atoms in total. The monoisotopic (exact) mass is 297 g/mol. The molecule has 0 spiro atoms. The average molecular weight is 297 g/mol. The third-order valence-corrected chi connectivity index (χ3v) is 5.01. The maximum absolute atomic E-state index is 12.7. The van der Waals surface area contributed by atoms with E-state index < -0.39 is 29.2 Å². The number of carboxylic acid groups (broad SMARTS) is 2. The Hall–Kier alpha value is -1.59. The second-order valence-corrected chi connectivity index (χ2v) is 6.55. The van der Waals surface area contributed by atoms with Crippen LogP contribution in [-0.2, 0) is 14.4 Å². The highest BCUT2D eigenvalue weighted by Gasteiger charge is 2.44. The summed E-state index contributed by atoms with van der Waals surface area (Å²) in [6.07, 6.45) is 5.08. The molecule has 0 aromatic carbocycles. The normalized spacial score (nSPS) is 28.9. The summed E-state index contributed by atoms with van der Waals surface area (Å²) in [6, 6.07) is 0. The van der Waals surface area contributed by atoms with Gasteiger partial charge in [0.05, 0.1) is 11.8 Å². The number of carboxylic acids is 2. The van der Waals surface area contributed by atoms with Gasteiger partial charge >= 0.3 is 11.9 Å². The molecule has 0 bridgehead atoms. The highest BCUT2D eigenvalue weighted by atomic mass is 16.4. The van der Waals surface area contributed by atoms with E-state index in [1.54, 1.807) is 4.90 Å². The van der Waals surface area contributed by atoms with Crippen LogP contribution in [0.3, 0.4) is 0 Å². The van der Waals surface area contributed by atoms with Crippen molar-refractivity contribution in [3.05, 3.63) is 0 Å². The van der Waals surface area contributed by atoms with E-state index in [0.717, 1.165) is 32.1 Å². The Morgan fingerprint density at radius 3 is 2.10 bits per heavy atom. The van der Waals surface area contributed by atoms with Gasteiger partial charge in [-0.3, -0.25) is 14.4 Å². The number of rotatable bonds is 3. The standard InChI is InChI=1S/C15H23NO5/c1-15(6-3-2-4-7-15)14(21)16-8-5-10(12(17)18)11(9-16)13(19)20/h10-11H,2-9H2,1H3,(H,17,18)(H,19,20). The van der Waals surface area contributed by atoms with Crippen molar-refractivity contribution in [2.75, 3.05) is 13.1 Å². The molecule has 1 saturated carbocycles. The number of nitrogens with zero attached hydrogens (tertiary/aromatic N) is 1. The Bertz CT molecular complexity index is 441. The second-order valence-electron chi connectivity index (χ2n) is 6.55. The molecule has 2 aliphatic rings. The van der Waals surface area contributed by atoms with Crippen LogP contribution in [0.2, 0.25) is 0 Å². The Morgan fingerprint density at radius 2 is 1.57 bits per heavy atom. The lowest BCUT2D eigenvalue weighted by Gasteiger charge is -2.41. The smallest absolute Gasteiger partial charge is 0.309 e. The number of piperidine rings is 1. The van der Waals surface area contributed by atoms with Gasteiger partial charge in [-0.1, -0.05) is 26.2 Å². The van der Waals surface area contributed by atoms with Gasteiger partial charge in [0.2, 0.25) is 5.91 Å². The van der Waals surface area contributed by atoms with Crippen molar-refractivity contribution < 1.29 is 24.6 Å². The van der Waals surface area contributed by atoms with Crippen LogP contribution < -0.4 is 0 Å². The topological polar surface area (TPSA) is 94.9 Å². The van der Waals surface area contributed by atoms with Crippen molar-refractivity contribution in [3.8, 4) is 0 Å². The number of aliphatic carboxylic acids is 2. The van der Waals surface area contributed by atoms with E-state index in [2.05, 4.69) is 0 Å². The molecule has 1 aliphatic heterocycles. The number of hydrogen-bond donors (Lipinski definition) is 2. The SMILES string of the molecule is CC1(C(=O)N2CCC(C(=O)O)C(C(=O)O)C2)CCCCC1. The molecule has 2 atom stereocenters. The van der Waals surface area contributed by atoms with Crippen molar-refractivity contribution in [3.63, 3.8) is 0 Å². The molecule has 21 heavy (non-hydrogen) atoms. The van der Waals surface area contributed by atoms with E-state index in [1.807, 2.05) is 6.92 Å². The minimum absolute atomic E-state index is 0.00251. The van der Waals surface area contributed by atoms with E-state index in [9.17, 15) is 19.5 Å². The van der Waals surface area contributed by atoms with Crippen molar-refractivity contribution in [1.82, 2.24) is 4.90 Å². The molecule has 2 fully saturated rings. The number of amides is 1. The van der Waals surface area contributed by atoms with Gasteiger partial charge in [-0.25, -0.2) is 0 Å². The molecule has 0 radical (unpaired) electrons. The predicted octanol–water partition coefficient (Wildman–Crippen LogP) is 1.59. The van der Waals surface area contributed by atoms with Crippen molar-refractivity contribution in [1.29, 1.82) is 0 Å². The number of carbonyl (C=O) groups excluding carboxylic acids is 1. The fourth-order valence-corrected chi connectivity index (χ4v) is 3.61. The highest BCUT2D eigenvalue weighted by Crippen LogP contribution is 2.38. The van der Waals surface area contributed by atoms with Crippen LogP contribution in [0.25, 0.3) is 0 Å². The van der Waals surface area contributed by atoms with E-state index in [-0.39, 0.29) is 18.9 Å². The number of hydrogen-bond acceptors (Lipinski definition) is 3. The first-order chi connectivity index (χ1) is 9.85. The Morgan fingerprint density at radius 1 is 1.00 bits per heavy atom. The Balaban J connectivity index is 2.09. The van der Waals surface area contributed by atoms with Gasteiger partial charge in [0.15, 0.2) is 0 Å². The molecule has 2 N–H and O–H groups in total. The first kappa shape index (κ1) is 15.8. The Kier molecular flexibility index (Phi) is 4.54. The predicted molar refractivity (Wildman–Crippen MR) is 74.6 cm³/mol. The summed E-state index contributed by atoms with van der Waals surface area (Å²) in [4.78, 5) is 36.7. The van der Waals surface area contributed by atoms with Crippen LogP contribution in [-0.4, -0.2) is 46.0 Å². The van der Waals surface area contributed by atoms with Gasteiger partial charge in [0.1, 0.15) is 0 Å². The van der Waals surface area contributed by atoms with E-state index in [1.165, 1.54) is 0 Å². The first-order valence-corrected chi connectivity index (χ1v) is 7.60. The fourth-order valence-electron chi connectivity index (χ4n) is 3.61. The van der Waals surface area contributed by atoms with Crippen LogP contribution in [0.4, 0.5) is 0 Å². The Labute approximate surface area is 124 Å². The second kappa shape index (κ2) is 6.03. The zero-order valence-electron chi connectivity index (χ0n) is 12.4. The lowest BCUT2D eigenvalue weighted by Crippen LogP contribution is -2.52. The maximum Gasteiger partial charge on any atom is 0.309 e. The number of likely N-dealkylation sites (tertiary alicyclic amines) is 1. The molecule has 1 saturated heterocycles. The van der Waals surface area contributed by atoms with Crippen LogP contribution >= 0.6 is 0 Å². The van der Waals surface area contributed by atoms with Gasteiger partial charge in [0.25, 0.3) is 0 Å². The van der Waals surface area contributed by atoms with Gasteiger partial charge < -0.3 is 15.1 Å². The molecule has 1 aliphatic carbocycles. The zero-order chi connectivity index (χ0) is 15.6. The molecular formula is C15H23NO5. The lowest BCUT2D eigenvalue weighted by atomic mass is 9.74. The molecule has 2 rings (SSSR count). The quantitative estimate of drug-likeness (QED) is 0.825. The van der Waals surface area contributed by atoms with Gasteiger partial charge in [-0.15, -0.1) is 0 Å². The third kappa shape index (κ3) is 3.19. The van der Waals surface area contributed by atoms with Crippen LogP contribution in [0.1, 0.15) is 45.4 Å². The summed E-state index contributed by atoms with van der Waals surface area (Å²) in [6.45, 7) is 2.31. The summed E-state index contributed by atoms with van der Waals surface area (Å²) in [7, 11) is 0. The highest BCUT2D eigenvalue weighted by molar-refractivity contribution is 5.85. The van der Waals surface area contributed by atoms with Crippen LogP contribution in [0, 0.1) is 17.3 Å². The van der Waals surface area contributed by atoms with E-state index >= 15 is 0 Å². The van der Waals surface area contributed by atoms with Crippen molar-refractivity contribution >= 4 is 17.8 Å². The lowest BCUT2D eigenvalue weighted by molar-refractivity contribution is -0.161. The average Bonchev–Trinajstić information content (AvgIpc) is 2.46. The van der Waals surface area contributed by atoms with Gasteiger partial charge in [0, 0.05) is 18.5 Å². The van der Waals surface area contributed by atoms with Crippen LogP contribution in [0.5, 0.6) is 0 Å². The summed E-state index contributed by atoms with van der Waals surface area (Å²) < 4.78 is 0. The summed E-state index contributed by atoms with van der Waals surface area (Å²) in [5, 5.41) is 18.3. The third-order valence-electron chi connectivity index (χ3n) is 5.01. The largest absolute Gasteiger partial charge is 0.481 e. The van der Waals surface area contributed by atoms with E-state index in [4.69, 9.17) is 5.11 Å². The molecule has 1 heterocycles. The zero-order valence-corrected chi connectivity index (χ0v) is 12.4.